The quantitative estimate of drug-likeness (QED) is 0.271. The first-order valence-corrected chi connectivity index (χ1v) is 10.2. The molecule has 1 amide bonds. The average molecular weight is 435 g/mol. The second-order valence-electron chi connectivity index (χ2n) is 6.82. The number of fused-ring (bicyclic) bond motifs is 2. The zero-order chi connectivity index (χ0) is 22.0. The van der Waals surface area contributed by atoms with Gasteiger partial charge in [-0.15, -0.1) is 0 Å². The van der Waals surface area contributed by atoms with E-state index in [1.54, 1.807) is 6.07 Å². The maximum atomic E-state index is 12.7. The average Bonchev–Trinajstić information content (AvgIpc) is 3.09. The highest BCUT2D eigenvalue weighted by Crippen LogP contribution is 2.23. The smallest absolute Gasteiger partial charge is 0.325 e. The number of methoxy groups -OCH3 is 1. The number of nitro benzene ring substituents is 1. The first-order valence-electron chi connectivity index (χ1n) is 9.34. The van der Waals surface area contributed by atoms with Gasteiger partial charge in [0.15, 0.2) is 4.80 Å². The van der Waals surface area contributed by atoms with Crippen molar-refractivity contribution in [3.8, 4) is 0 Å². The van der Waals surface area contributed by atoms with Crippen LogP contribution in [0.15, 0.2) is 65.7 Å². The molecular weight excluding hydrogens is 418 g/mol. The molecule has 0 fully saturated rings. The molecule has 0 aliphatic heterocycles. The van der Waals surface area contributed by atoms with Crippen molar-refractivity contribution in [1.29, 1.82) is 0 Å². The second-order valence-corrected chi connectivity index (χ2v) is 7.83. The molecule has 4 rings (SSSR count). The van der Waals surface area contributed by atoms with Crippen LogP contribution >= 0.6 is 11.3 Å². The van der Waals surface area contributed by atoms with Gasteiger partial charge in [0.05, 0.1) is 28.7 Å². The van der Waals surface area contributed by atoms with E-state index in [0.29, 0.717) is 10.2 Å². The van der Waals surface area contributed by atoms with Crippen molar-refractivity contribution in [3.05, 3.63) is 81.1 Å². The van der Waals surface area contributed by atoms with E-state index in [9.17, 15) is 19.7 Å². The van der Waals surface area contributed by atoms with Gasteiger partial charge >= 0.3 is 5.97 Å². The second kappa shape index (κ2) is 8.49. The topological polar surface area (TPSA) is 104 Å². The summed E-state index contributed by atoms with van der Waals surface area (Å²) in [5, 5.41) is 13.3. The lowest BCUT2D eigenvalue weighted by atomic mass is 10.1. The molecule has 1 heterocycles. The Balaban J connectivity index is 1.73. The van der Waals surface area contributed by atoms with E-state index in [4.69, 9.17) is 4.74 Å². The van der Waals surface area contributed by atoms with E-state index in [-0.39, 0.29) is 29.4 Å². The predicted molar refractivity (Wildman–Crippen MR) is 117 cm³/mol. The molecule has 0 atom stereocenters. The Labute approximate surface area is 180 Å². The summed E-state index contributed by atoms with van der Waals surface area (Å²) in [6, 6.07) is 18.0. The molecule has 9 heteroatoms. The Hall–Kier alpha value is -3.85. The lowest BCUT2D eigenvalue weighted by Gasteiger charge is -2.04. The molecule has 31 heavy (non-hydrogen) atoms. The van der Waals surface area contributed by atoms with E-state index in [1.165, 1.54) is 35.1 Å². The van der Waals surface area contributed by atoms with Gasteiger partial charge in [-0.25, -0.2) is 0 Å². The Kier molecular flexibility index (Phi) is 5.59. The monoisotopic (exact) mass is 435 g/mol. The molecular formula is C22H17N3O5S. The number of carbonyl (C=O) groups is 2. The molecule has 0 saturated carbocycles. The zero-order valence-corrected chi connectivity index (χ0v) is 17.3. The summed E-state index contributed by atoms with van der Waals surface area (Å²) in [7, 11) is 1.25. The minimum atomic E-state index is -0.547. The number of thiazole rings is 1. The summed E-state index contributed by atoms with van der Waals surface area (Å²) in [6.45, 7) is -0.209. The molecule has 0 aliphatic rings. The lowest BCUT2D eigenvalue weighted by molar-refractivity contribution is -0.384. The molecule has 0 unspecified atom stereocenters. The Morgan fingerprint density at radius 1 is 1.10 bits per heavy atom. The number of benzene rings is 3. The van der Waals surface area contributed by atoms with Crippen LogP contribution in [0, 0.1) is 10.1 Å². The standard InChI is InChI=1S/C22H17N3O5S/c1-30-21(27)13-24-18-12-17(25(28)29)8-9-19(18)31-22(24)23-20(26)11-14-6-7-15-4-2-3-5-16(15)10-14/h2-10,12H,11,13H2,1H3. The normalized spacial score (nSPS) is 11.7. The number of amides is 1. The molecule has 156 valence electrons. The highest BCUT2D eigenvalue weighted by Gasteiger charge is 2.15. The third-order valence-corrected chi connectivity index (χ3v) is 5.84. The molecule has 3 aromatic carbocycles. The van der Waals surface area contributed by atoms with Gasteiger partial charge in [0.25, 0.3) is 11.6 Å². The van der Waals surface area contributed by atoms with Crippen LogP contribution in [0.1, 0.15) is 5.56 Å². The number of esters is 1. The summed E-state index contributed by atoms with van der Waals surface area (Å²) in [4.78, 5) is 39.7. The number of hydrogen-bond acceptors (Lipinski definition) is 6. The fourth-order valence-corrected chi connectivity index (χ4v) is 4.30. The van der Waals surface area contributed by atoms with Crippen molar-refractivity contribution in [2.24, 2.45) is 4.99 Å². The van der Waals surface area contributed by atoms with Crippen LogP contribution in [0.4, 0.5) is 5.69 Å². The van der Waals surface area contributed by atoms with Gasteiger partial charge in [-0.2, -0.15) is 4.99 Å². The van der Waals surface area contributed by atoms with Gasteiger partial charge < -0.3 is 9.30 Å². The molecule has 8 nitrogen and oxygen atoms in total. The van der Waals surface area contributed by atoms with Gasteiger partial charge in [0, 0.05) is 12.1 Å². The van der Waals surface area contributed by atoms with Crippen molar-refractivity contribution in [3.63, 3.8) is 0 Å². The van der Waals surface area contributed by atoms with E-state index >= 15 is 0 Å². The zero-order valence-electron chi connectivity index (χ0n) is 16.5. The van der Waals surface area contributed by atoms with Crippen molar-refractivity contribution in [2.75, 3.05) is 7.11 Å². The number of nitrogens with zero attached hydrogens (tertiary/aromatic N) is 3. The number of ether oxygens (including phenoxy) is 1. The molecule has 1 aromatic heterocycles. The lowest BCUT2D eigenvalue weighted by Crippen LogP contribution is -2.22. The van der Waals surface area contributed by atoms with E-state index in [0.717, 1.165) is 16.3 Å². The first-order chi connectivity index (χ1) is 14.9. The molecule has 0 aliphatic carbocycles. The number of aromatic nitrogens is 1. The minimum Gasteiger partial charge on any atom is -0.468 e. The number of non-ortho nitro benzene ring substituents is 1. The van der Waals surface area contributed by atoms with E-state index in [1.807, 2.05) is 42.5 Å². The highest BCUT2D eigenvalue weighted by molar-refractivity contribution is 7.16. The molecule has 0 radical (unpaired) electrons. The fraction of sp³-hybridized carbons (Fsp3) is 0.136. The highest BCUT2D eigenvalue weighted by atomic mass is 32.1. The maximum absolute atomic E-state index is 12.7. The summed E-state index contributed by atoms with van der Waals surface area (Å²) in [5.74, 6) is -0.926. The van der Waals surface area contributed by atoms with Gasteiger partial charge in [0.2, 0.25) is 0 Å². The number of rotatable bonds is 5. The van der Waals surface area contributed by atoms with Crippen molar-refractivity contribution < 1.29 is 19.2 Å². The predicted octanol–water partition coefficient (Wildman–Crippen LogP) is 3.61. The van der Waals surface area contributed by atoms with Crippen molar-refractivity contribution >= 4 is 49.9 Å². The van der Waals surface area contributed by atoms with Gasteiger partial charge in [-0.1, -0.05) is 53.8 Å². The van der Waals surface area contributed by atoms with Crippen molar-refractivity contribution in [1.82, 2.24) is 4.57 Å². The van der Waals surface area contributed by atoms with Gasteiger partial charge in [-0.3, -0.25) is 19.7 Å². The van der Waals surface area contributed by atoms with Crippen LogP contribution in [0.2, 0.25) is 0 Å². The number of carbonyl (C=O) groups excluding carboxylic acids is 2. The van der Waals surface area contributed by atoms with Gasteiger partial charge in [0.1, 0.15) is 6.54 Å². The molecule has 4 aromatic rings. The molecule has 0 saturated heterocycles. The fourth-order valence-electron chi connectivity index (χ4n) is 3.27. The SMILES string of the molecule is COC(=O)Cn1c(=NC(=O)Cc2ccc3ccccc3c2)sc2ccc([N+](=O)[O-])cc21. The van der Waals surface area contributed by atoms with Crippen molar-refractivity contribution in [2.45, 2.75) is 13.0 Å². The Morgan fingerprint density at radius 3 is 2.61 bits per heavy atom. The first kappa shape index (κ1) is 20.4. The molecule has 0 N–H and O–H groups in total. The van der Waals surface area contributed by atoms with Crippen LogP contribution < -0.4 is 4.80 Å². The largest absolute Gasteiger partial charge is 0.468 e. The number of hydrogen-bond donors (Lipinski definition) is 0. The third kappa shape index (κ3) is 4.36. The van der Waals surface area contributed by atoms with Crippen LogP contribution in [-0.4, -0.2) is 28.5 Å². The number of nitro groups is 1. The van der Waals surface area contributed by atoms with Crippen LogP contribution in [0.5, 0.6) is 0 Å². The van der Waals surface area contributed by atoms with Gasteiger partial charge in [-0.05, 0) is 22.4 Å². The Bertz CT molecular complexity index is 1400. The minimum absolute atomic E-state index is 0.0947. The summed E-state index contributed by atoms with van der Waals surface area (Å²) in [6.07, 6.45) is 0.0947. The maximum Gasteiger partial charge on any atom is 0.325 e. The van der Waals surface area contributed by atoms with Crippen LogP contribution in [0.25, 0.3) is 21.0 Å². The van der Waals surface area contributed by atoms with E-state index in [2.05, 4.69) is 4.99 Å². The summed E-state index contributed by atoms with van der Waals surface area (Å²) >= 11 is 1.18. The van der Waals surface area contributed by atoms with E-state index < -0.39 is 10.9 Å². The van der Waals surface area contributed by atoms with Crippen LogP contribution in [0.3, 0.4) is 0 Å². The summed E-state index contributed by atoms with van der Waals surface area (Å²) < 4.78 is 6.87. The molecule has 0 bridgehead atoms. The van der Waals surface area contributed by atoms with Crippen LogP contribution in [-0.2, 0) is 27.3 Å². The molecule has 0 spiro atoms. The Morgan fingerprint density at radius 2 is 1.87 bits per heavy atom. The third-order valence-electron chi connectivity index (χ3n) is 4.78. The summed E-state index contributed by atoms with van der Waals surface area (Å²) in [5.41, 5.74) is 1.16.